The van der Waals surface area contributed by atoms with E-state index in [1.165, 1.54) is 7.11 Å². The number of nitrogens with zero attached hydrogens (tertiary/aromatic N) is 1. The highest BCUT2D eigenvalue weighted by molar-refractivity contribution is 5.80. The lowest BCUT2D eigenvalue weighted by Crippen LogP contribution is -2.46. The summed E-state index contributed by atoms with van der Waals surface area (Å²) >= 11 is 0. The van der Waals surface area contributed by atoms with Gasteiger partial charge in [-0.3, -0.25) is 9.59 Å². The molecule has 18 heavy (non-hydrogen) atoms. The Morgan fingerprint density at radius 2 is 1.89 bits per heavy atom. The fourth-order valence-corrected chi connectivity index (χ4v) is 2.45. The zero-order valence-corrected chi connectivity index (χ0v) is 11.6. The van der Waals surface area contributed by atoms with Gasteiger partial charge >= 0.3 is 5.97 Å². The third-order valence-electron chi connectivity index (χ3n) is 3.33. The SMILES string of the molecule is COC(=O)[C@@H]1CCCCC[C@H]1NC(=O)CN(C)C. The van der Waals surface area contributed by atoms with Crippen molar-refractivity contribution in [2.45, 2.75) is 38.1 Å². The van der Waals surface area contributed by atoms with Crippen LogP contribution in [0.25, 0.3) is 0 Å². The van der Waals surface area contributed by atoms with Crippen LogP contribution in [0, 0.1) is 5.92 Å². The van der Waals surface area contributed by atoms with Gasteiger partial charge in [0.2, 0.25) is 5.91 Å². The summed E-state index contributed by atoms with van der Waals surface area (Å²) in [5.74, 6) is -0.420. The monoisotopic (exact) mass is 256 g/mol. The van der Waals surface area contributed by atoms with Crippen molar-refractivity contribution in [3.63, 3.8) is 0 Å². The number of nitrogens with one attached hydrogen (secondary N) is 1. The number of likely N-dealkylation sites (N-methyl/N-ethyl adjacent to an activating group) is 1. The number of carbonyl (C=O) groups excluding carboxylic acids is 2. The van der Waals surface area contributed by atoms with Crippen molar-refractivity contribution < 1.29 is 14.3 Å². The largest absolute Gasteiger partial charge is 0.469 e. The normalized spacial score (nSPS) is 24.4. The molecule has 5 heteroatoms. The van der Waals surface area contributed by atoms with Crippen molar-refractivity contribution in [3.05, 3.63) is 0 Å². The lowest BCUT2D eigenvalue weighted by Gasteiger charge is -2.24. The van der Waals surface area contributed by atoms with E-state index < -0.39 is 0 Å². The Morgan fingerprint density at radius 3 is 2.50 bits per heavy atom. The van der Waals surface area contributed by atoms with Crippen LogP contribution in [-0.2, 0) is 14.3 Å². The lowest BCUT2D eigenvalue weighted by molar-refractivity contribution is -0.147. The van der Waals surface area contributed by atoms with Gasteiger partial charge in [-0.05, 0) is 26.9 Å². The number of hydrogen-bond acceptors (Lipinski definition) is 4. The number of amides is 1. The molecule has 5 nitrogen and oxygen atoms in total. The lowest BCUT2D eigenvalue weighted by atomic mass is 9.95. The second-order valence-electron chi connectivity index (χ2n) is 5.18. The van der Waals surface area contributed by atoms with Gasteiger partial charge in [-0.25, -0.2) is 0 Å². The fraction of sp³-hybridized carbons (Fsp3) is 0.846. The maximum Gasteiger partial charge on any atom is 0.310 e. The summed E-state index contributed by atoms with van der Waals surface area (Å²) in [6.45, 7) is 0.352. The summed E-state index contributed by atoms with van der Waals surface area (Å²) in [7, 11) is 5.11. The molecule has 0 radical (unpaired) electrons. The van der Waals surface area contributed by atoms with Gasteiger partial charge in [-0.15, -0.1) is 0 Å². The van der Waals surface area contributed by atoms with Crippen molar-refractivity contribution >= 4 is 11.9 Å². The van der Waals surface area contributed by atoms with Gasteiger partial charge in [-0.1, -0.05) is 19.3 Å². The molecule has 1 rings (SSSR count). The van der Waals surface area contributed by atoms with Gasteiger partial charge in [0.1, 0.15) is 0 Å². The van der Waals surface area contributed by atoms with Gasteiger partial charge in [0.05, 0.1) is 19.6 Å². The molecule has 1 aliphatic rings. The zero-order valence-electron chi connectivity index (χ0n) is 11.6. The molecule has 1 aliphatic carbocycles. The topological polar surface area (TPSA) is 58.6 Å². The predicted octanol–water partition coefficient (Wildman–Crippen LogP) is 0.786. The second kappa shape index (κ2) is 7.36. The van der Waals surface area contributed by atoms with Crippen LogP contribution < -0.4 is 5.32 Å². The first kappa shape index (κ1) is 15.0. The molecule has 0 bridgehead atoms. The van der Waals surface area contributed by atoms with Crippen molar-refractivity contribution in [1.82, 2.24) is 10.2 Å². The Kier molecular flexibility index (Phi) is 6.12. The third-order valence-corrected chi connectivity index (χ3v) is 3.33. The minimum atomic E-state index is -0.202. The number of ether oxygens (including phenoxy) is 1. The summed E-state index contributed by atoms with van der Waals surface area (Å²) in [6, 6.07) is -0.0765. The fourth-order valence-electron chi connectivity index (χ4n) is 2.45. The van der Waals surface area contributed by atoms with E-state index in [1.807, 2.05) is 19.0 Å². The highest BCUT2D eigenvalue weighted by Crippen LogP contribution is 2.24. The molecule has 1 N–H and O–H groups in total. The molecule has 0 aliphatic heterocycles. The molecule has 0 aromatic rings. The number of esters is 1. The zero-order chi connectivity index (χ0) is 13.5. The summed E-state index contributed by atoms with van der Waals surface area (Å²) in [4.78, 5) is 25.4. The summed E-state index contributed by atoms with van der Waals surface area (Å²) in [5, 5.41) is 2.97. The van der Waals surface area contributed by atoms with Crippen LogP contribution in [0.3, 0.4) is 0 Å². The molecule has 1 fully saturated rings. The molecule has 0 heterocycles. The quantitative estimate of drug-likeness (QED) is 0.597. The molecular weight excluding hydrogens is 232 g/mol. The Balaban J connectivity index is 2.61. The van der Waals surface area contributed by atoms with Crippen LogP contribution in [0.5, 0.6) is 0 Å². The van der Waals surface area contributed by atoms with Gasteiger partial charge in [0.15, 0.2) is 0 Å². The van der Waals surface area contributed by atoms with E-state index in [0.717, 1.165) is 32.1 Å². The van der Waals surface area contributed by atoms with Crippen LogP contribution >= 0.6 is 0 Å². The molecule has 0 aromatic carbocycles. The molecule has 0 saturated heterocycles. The van der Waals surface area contributed by atoms with Crippen molar-refractivity contribution in [3.8, 4) is 0 Å². The van der Waals surface area contributed by atoms with E-state index in [0.29, 0.717) is 6.54 Å². The Morgan fingerprint density at radius 1 is 1.22 bits per heavy atom. The average molecular weight is 256 g/mol. The predicted molar refractivity (Wildman–Crippen MR) is 69.1 cm³/mol. The molecular formula is C13H24N2O3. The highest BCUT2D eigenvalue weighted by Gasteiger charge is 2.31. The van der Waals surface area contributed by atoms with Crippen molar-refractivity contribution in [1.29, 1.82) is 0 Å². The summed E-state index contributed by atoms with van der Waals surface area (Å²) < 4.78 is 4.84. The molecule has 0 aromatic heterocycles. The average Bonchev–Trinajstić information content (AvgIpc) is 2.52. The smallest absolute Gasteiger partial charge is 0.310 e. The molecule has 1 amide bonds. The van der Waals surface area contributed by atoms with Crippen LogP contribution in [0.2, 0.25) is 0 Å². The molecule has 0 spiro atoms. The second-order valence-corrected chi connectivity index (χ2v) is 5.18. The first-order valence-corrected chi connectivity index (χ1v) is 6.56. The highest BCUT2D eigenvalue weighted by atomic mass is 16.5. The van der Waals surface area contributed by atoms with Crippen LogP contribution in [0.4, 0.5) is 0 Å². The van der Waals surface area contributed by atoms with E-state index in [-0.39, 0.29) is 23.8 Å². The standard InChI is InChI=1S/C13H24N2O3/c1-15(2)9-12(16)14-11-8-6-4-5-7-10(11)13(17)18-3/h10-11H,4-9H2,1-3H3,(H,14,16)/t10-,11-/m1/s1. The summed E-state index contributed by atoms with van der Waals surface area (Å²) in [6.07, 6.45) is 4.87. The van der Waals surface area contributed by atoms with E-state index >= 15 is 0 Å². The molecule has 1 saturated carbocycles. The number of carbonyl (C=O) groups is 2. The van der Waals surface area contributed by atoms with Gasteiger partial charge in [0.25, 0.3) is 0 Å². The summed E-state index contributed by atoms with van der Waals surface area (Å²) in [5.41, 5.74) is 0. The van der Waals surface area contributed by atoms with Crippen LogP contribution in [0.15, 0.2) is 0 Å². The Hall–Kier alpha value is -1.10. The van der Waals surface area contributed by atoms with Gasteiger partial charge < -0.3 is 15.0 Å². The Bertz CT molecular complexity index is 292. The van der Waals surface area contributed by atoms with Crippen LogP contribution in [0.1, 0.15) is 32.1 Å². The van der Waals surface area contributed by atoms with Gasteiger partial charge in [-0.2, -0.15) is 0 Å². The maximum absolute atomic E-state index is 11.8. The number of hydrogen-bond donors (Lipinski definition) is 1. The van der Waals surface area contributed by atoms with E-state index in [1.54, 1.807) is 0 Å². The minimum absolute atomic E-state index is 0.0270. The van der Waals surface area contributed by atoms with E-state index in [9.17, 15) is 9.59 Å². The maximum atomic E-state index is 11.8. The van der Waals surface area contributed by atoms with Gasteiger partial charge in [0, 0.05) is 6.04 Å². The van der Waals surface area contributed by atoms with Crippen molar-refractivity contribution in [2.75, 3.05) is 27.7 Å². The Labute approximate surface area is 109 Å². The molecule has 104 valence electrons. The molecule has 0 unspecified atom stereocenters. The third kappa shape index (κ3) is 4.64. The first-order valence-electron chi connectivity index (χ1n) is 6.56. The van der Waals surface area contributed by atoms with Crippen molar-refractivity contribution in [2.24, 2.45) is 5.92 Å². The number of rotatable bonds is 4. The number of methoxy groups -OCH3 is 1. The first-order chi connectivity index (χ1) is 8.54. The minimum Gasteiger partial charge on any atom is -0.469 e. The van der Waals surface area contributed by atoms with E-state index in [2.05, 4.69) is 5.32 Å². The van der Waals surface area contributed by atoms with Crippen LogP contribution in [-0.4, -0.2) is 50.6 Å². The molecule has 2 atom stereocenters. The van der Waals surface area contributed by atoms with E-state index in [4.69, 9.17) is 4.74 Å².